The first-order valence-corrected chi connectivity index (χ1v) is 8.43. The Balaban J connectivity index is 2.60. The van der Waals surface area contributed by atoms with Crippen molar-refractivity contribution >= 4 is 17.7 Å². The van der Waals surface area contributed by atoms with Crippen LogP contribution in [0.15, 0.2) is 29.3 Å². The number of benzene rings is 1. The summed E-state index contributed by atoms with van der Waals surface area (Å²) >= 11 is 1.78. The van der Waals surface area contributed by atoms with Gasteiger partial charge in [0.25, 0.3) is 0 Å². The molecule has 1 aromatic rings. The number of aliphatic hydroxyl groups excluding tert-OH is 1. The number of nitrogens with zero attached hydrogens (tertiary/aromatic N) is 1. The summed E-state index contributed by atoms with van der Waals surface area (Å²) in [6.07, 6.45) is 1.43. The summed E-state index contributed by atoms with van der Waals surface area (Å²) in [5.74, 6) is 2.48. The van der Waals surface area contributed by atoms with E-state index in [9.17, 15) is 5.11 Å². The van der Waals surface area contributed by atoms with Crippen LogP contribution < -0.4 is 15.4 Å². The molecule has 0 aliphatic heterocycles. The minimum atomic E-state index is -0.642. The van der Waals surface area contributed by atoms with Crippen molar-refractivity contribution in [3.05, 3.63) is 29.8 Å². The van der Waals surface area contributed by atoms with E-state index in [0.717, 1.165) is 36.1 Å². The zero-order valence-corrected chi connectivity index (χ0v) is 13.7. The van der Waals surface area contributed by atoms with Crippen LogP contribution in [-0.4, -0.2) is 49.8 Å². The van der Waals surface area contributed by atoms with Crippen LogP contribution in [0.4, 0.5) is 0 Å². The molecule has 0 heterocycles. The number of guanidine groups is 1. The summed E-state index contributed by atoms with van der Waals surface area (Å²) in [6.45, 7) is 3.97. The fourth-order valence-corrected chi connectivity index (χ4v) is 2.05. The number of hydrogen-bond donors (Lipinski definition) is 3. The standard InChI is InChI=1S/C15H25N3O2S/c1-4-16-15(17-8-9-21-3)18-11-14(19)12-6-5-7-13(10-12)20-2/h5-7,10,14,19H,4,8-9,11H2,1-3H3,(H2,16,17,18). The number of aliphatic hydroxyl groups is 1. The van der Waals surface area contributed by atoms with Crippen molar-refractivity contribution < 1.29 is 9.84 Å². The van der Waals surface area contributed by atoms with Crippen molar-refractivity contribution in [3.8, 4) is 5.75 Å². The maximum Gasteiger partial charge on any atom is 0.191 e. The third-order valence-electron chi connectivity index (χ3n) is 2.84. The van der Waals surface area contributed by atoms with Crippen LogP contribution in [0.2, 0.25) is 0 Å². The second-order valence-electron chi connectivity index (χ2n) is 4.43. The Labute approximate surface area is 131 Å². The fraction of sp³-hybridized carbons (Fsp3) is 0.533. The van der Waals surface area contributed by atoms with Crippen LogP contribution in [-0.2, 0) is 0 Å². The highest BCUT2D eigenvalue weighted by atomic mass is 32.2. The highest BCUT2D eigenvalue weighted by molar-refractivity contribution is 7.98. The van der Waals surface area contributed by atoms with E-state index >= 15 is 0 Å². The number of nitrogens with one attached hydrogen (secondary N) is 2. The quantitative estimate of drug-likeness (QED) is 0.387. The topological polar surface area (TPSA) is 65.9 Å². The summed E-state index contributed by atoms with van der Waals surface area (Å²) in [7, 11) is 1.61. The Morgan fingerprint density at radius 1 is 1.43 bits per heavy atom. The molecule has 118 valence electrons. The van der Waals surface area contributed by atoms with Crippen molar-refractivity contribution in [1.29, 1.82) is 0 Å². The first-order chi connectivity index (χ1) is 10.2. The van der Waals surface area contributed by atoms with Crippen LogP contribution in [0, 0.1) is 0 Å². The lowest BCUT2D eigenvalue weighted by Crippen LogP contribution is -2.38. The summed E-state index contributed by atoms with van der Waals surface area (Å²) < 4.78 is 5.16. The molecule has 1 unspecified atom stereocenters. The minimum Gasteiger partial charge on any atom is -0.497 e. The van der Waals surface area contributed by atoms with Gasteiger partial charge in [0.05, 0.1) is 19.8 Å². The molecule has 1 atom stereocenters. The van der Waals surface area contributed by atoms with Crippen LogP contribution in [0.25, 0.3) is 0 Å². The van der Waals surface area contributed by atoms with E-state index in [2.05, 4.69) is 21.9 Å². The van der Waals surface area contributed by atoms with Gasteiger partial charge >= 0.3 is 0 Å². The summed E-state index contributed by atoms with van der Waals surface area (Å²) in [4.78, 5) is 4.41. The van der Waals surface area contributed by atoms with Crippen molar-refractivity contribution in [3.63, 3.8) is 0 Å². The Hall–Kier alpha value is -1.40. The maximum absolute atomic E-state index is 10.2. The van der Waals surface area contributed by atoms with E-state index in [1.165, 1.54) is 0 Å². The zero-order valence-electron chi connectivity index (χ0n) is 12.9. The Morgan fingerprint density at radius 2 is 2.24 bits per heavy atom. The molecular formula is C15H25N3O2S. The van der Waals surface area contributed by atoms with Crippen LogP contribution in [0.5, 0.6) is 5.75 Å². The number of ether oxygens (including phenoxy) is 1. The van der Waals surface area contributed by atoms with Gasteiger partial charge in [-0.25, -0.2) is 0 Å². The molecule has 0 spiro atoms. The van der Waals surface area contributed by atoms with Gasteiger partial charge in [0.1, 0.15) is 5.75 Å². The first-order valence-electron chi connectivity index (χ1n) is 7.04. The zero-order chi connectivity index (χ0) is 15.5. The van der Waals surface area contributed by atoms with Gasteiger partial charge in [-0.05, 0) is 30.9 Å². The SMILES string of the molecule is CCNC(=NCC(O)c1cccc(OC)c1)NCCSC. The van der Waals surface area contributed by atoms with Gasteiger partial charge in [-0.2, -0.15) is 11.8 Å². The number of aliphatic imine (C=N–C) groups is 1. The van der Waals surface area contributed by atoms with E-state index in [4.69, 9.17) is 4.74 Å². The molecule has 1 aromatic carbocycles. The van der Waals surface area contributed by atoms with Gasteiger partial charge in [0.15, 0.2) is 5.96 Å². The van der Waals surface area contributed by atoms with Gasteiger partial charge in [-0.3, -0.25) is 4.99 Å². The maximum atomic E-state index is 10.2. The lowest BCUT2D eigenvalue weighted by atomic mass is 10.1. The third kappa shape index (κ3) is 6.73. The highest BCUT2D eigenvalue weighted by Gasteiger charge is 2.08. The lowest BCUT2D eigenvalue weighted by Gasteiger charge is -2.13. The molecule has 0 saturated carbocycles. The van der Waals surface area contributed by atoms with Gasteiger partial charge < -0.3 is 20.5 Å². The van der Waals surface area contributed by atoms with Crippen LogP contribution in [0.3, 0.4) is 0 Å². The number of thioether (sulfide) groups is 1. The Morgan fingerprint density at radius 3 is 2.90 bits per heavy atom. The average Bonchev–Trinajstić information content (AvgIpc) is 2.52. The van der Waals surface area contributed by atoms with E-state index in [1.807, 2.05) is 31.2 Å². The molecule has 0 aliphatic rings. The second-order valence-corrected chi connectivity index (χ2v) is 5.42. The molecule has 0 aromatic heterocycles. The smallest absolute Gasteiger partial charge is 0.191 e. The van der Waals surface area contributed by atoms with Crippen LogP contribution in [0.1, 0.15) is 18.6 Å². The van der Waals surface area contributed by atoms with Gasteiger partial charge in [0.2, 0.25) is 0 Å². The largest absolute Gasteiger partial charge is 0.497 e. The highest BCUT2D eigenvalue weighted by Crippen LogP contribution is 2.19. The van der Waals surface area contributed by atoms with Crippen LogP contribution >= 0.6 is 11.8 Å². The summed E-state index contributed by atoms with van der Waals surface area (Å²) in [5, 5.41) is 16.6. The first kappa shape index (κ1) is 17.7. The molecule has 6 heteroatoms. The average molecular weight is 311 g/mol. The van der Waals surface area contributed by atoms with Crippen molar-refractivity contribution in [1.82, 2.24) is 10.6 Å². The molecule has 3 N–H and O–H groups in total. The predicted octanol–water partition coefficient (Wildman–Crippen LogP) is 1.65. The summed E-state index contributed by atoms with van der Waals surface area (Å²) in [6, 6.07) is 7.42. The van der Waals surface area contributed by atoms with E-state index in [-0.39, 0.29) is 0 Å². The molecule has 1 rings (SSSR count). The molecule has 0 saturated heterocycles. The normalized spacial score (nSPS) is 12.9. The second kappa shape index (κ2) is 10.3. The van der Waals surface area contributed by atoms with Gasteiger partial charge in [-0.1, -0.05) is 12.1 Å². The monoisotopic (exact) mass is 311 g/mol. The molecule has 21 heavy (non-hydrogen) atoms. The Bertz CT molecular complexity index is 441. The molecule has 0 radical (unpaired) electrons. The van der Waals surface area contributed by atoms with Crippen molar-refractivity contribution in [2.24, 2.45) is 4.99 Å². The third-order valence-corrected chi connectivity index (χ3v) is 3.46. The minimum absolute atomic E-state index is 0.307. The molecule has 0 amide bonds. The molecule has 0 fully saturated rings. The predicted molar refractivity (Wildman–Crippen MR) is 90.3 cm³/mol. The van der Waals surface area contributed by atoms with Crippen molar-refractivity contribution in [2.45, 2.75) is 13.0 Å². The molecular weight excluding hydrogens is 286 g/mol. The number of methoxy groups -OCH3 is 1. The van der Waals surface area contributed by atoms with E-state index in [1.54, 1.807) is 18.9 Å². The molecule has 0 bridgehead atoms. The number of rotatable bonds is 8. The summed E-state index contributed by atoms with van der Waals surface area (Å²) in [5.41, 5.74) is 0.804. The van der Waals surface area contributed by atoms with E-state index < -0.39 is 6.10 Å². The van der Waals surface area contributed by atoms with Gasteiger partial charge in [0, 0.05) is 18.8 Å². The fourth-order valence-electron chi connectivity index (χ4n) is 1.75. The lowest BCUT2D eigenvalue weighted by molar-refractivity contribution is 0.186. The molecule has 0 aliphatic carbocycles. The van der Waals surface area contributed by atoms with Gasteiger partial charge in [-0.15, -0.1) is 0 Å². The van der Waals surface area contributed by atoms with E-state index in [0.29, 0.717) is 6.54 Å². The Kier molecular flexibility index (Phi) is 8.69. The number of hydrogen-bond acceptors (Lipinski definition) is 4. The van der Waals surface area contributed by atoms with Crippen molar-refractivity contribution in [2.75, 3.05) is 38.8 Å². The molecule has 5 nitrogen and oxygen atoms in total.